The van der Waals surface area contributed by atoms with Gasteiger partial charge in [-0.3, -0.25) is 0 Å². The van der Waals surface area contributed by atoms with E-state index >= 15 is 0 Å². The second-order valence-corrected chi connectivity index (χ2v) is 12.1. The standard InChI is InChI=1S/C30H37N3O2S/c1-20(2)28-15-24(27-9-7-6-8-23(27)19-34)16-29-21(3)14-25(17-30(28)29)32-36(31,35)26-12-10-22(11-13-26)18-33(4)5/h6-16,20-21,34H,17-19H2,1-5H3,(H2,31,32,35). The zero-order valence-corrected chi connectivity index (χ0v) is 22.7. The lowest BCUT2D eigenvalue weighted by Crippen LogP contribution is -2.16. The maximum absolute atomic E-state index is 13.5. The zero-order valence-electron chi connectivity index (χ0n) is 21.9. The van der Waals surface area contributed by atoms with Crippen molar-refractivity contribution in [2.24, 2.45) is 9.50 Å². The number of benzene rings is 3. The highest BCUT2D eigenvalue weighted by atomic mass is 32.2. The van der Waals surface area contributed by atoms with Crippen molar-refractivity contribution in [3.8, 4) is 11.1 Å². The van der Waals surface area contributed by atoms with E-state index in [-0.39, 0.29) is 12.5 Å². The molecule has 0 aromatic heterocycles. The predicted molar refractivity (Wildman–Crippen MR) is 149 cm³/mol. The van der Waals surface area contributed by atoms with Crippen LogP contribution in [-0.4, -0.2) is 28.3 Å². The van der Waals surface area contributed by atoms with E-state index in [1.54, 1.807) is 0 Å². The van der Waals surface area contributed by atoms with Crippen molar-refractivity contribution in [3.05, 3.63) is 100 Å². The van der Waals surface area contributed by atoms with Crippen molar-refractivity contribution >= 4 is 9.92 Å². The minimum Gasteiger partial charge on any atom is -0.392 e. The molecule has 5 nitrogen and oxygen atoms in total. The van der Waals surface area contributed by atoms with E-state index in [1.165, 1.54) is 16.7 Å². The lowest BCUT2D eigenvalue weighted by molar-refractivity contribution is 0.282. The van der Waals surface area contributed by atoms with E-state index in [1.807, 2.05) is 56.6 Å². The highest BCUT2D eigenvalue weighted by Crippen LogP contribution is 2.39. The van der Waals surface area contributed by atoms with Crippen molar-refractivity contribution in [2.45, 2.75) is 57.1 Å². The summed E-state index contributed by atoms with van der Waals surface area (Å²) >= 11 is 0. The van der Waals surface area contributed by atoms with Gasteiger partial charge in [-0.25, -0.2) is 9.35 Å². The van der Waals surface area contributed by atoms with Crippen LogP contribution < -0.4 is 5.14 Å². The van der Waals surface area contributed by atoms with Gasteiger partial charge in [0.25, 0.3) is 0 Å². The zero-order chi connectivity index (χ0) is 26.0. The van der Waals surface area contributed by atoms with E-state index in [9.17, 15) is 9.32 Å². The number of nitrogens with zero attached hydrogens (tertiary/aromatic N) is 2. The van der Waals surface area contributed by atoms with Crippen molar-refractivity contribution < 1.29 is 9.32 Å². The molecule has 0 bridgehead atoms. The average molecular weight is 504 g/mol. The average Bonchev–Trinajstić information content (AvgIpc) is 2.83. The quantitative estimate of drug-likeness (QED) is 0.417. The molecule has 0 fully saturated rings. The maximum Gasteiger partial charge on any atom is 0.139 e. The van der Waals surface area contributed by atoms with Crippen LogP contribution in [0.5, 0.6) is 0 Å². The van der Waals surface area contributed by atoms with E-state index in [0.29, 0.717) is 17.2 Å². The molecule has 36 heavy (non-hydrogen) atoms. The minimum absolute atomic E-state index is 0.00371. The van der Waals surface area contributed by atoms with Crippen LogP contribution in [0.1, 0.15) is 60.4 Å². The number of allylic oxidation sites excluding steroid dienone is 2. The lowest BCUT2D eigenvalue weighted by atomic mass is 9.79. The Morgan fingerprint density at radius 2 is 1.81 bits per heavy atom. The summed E-state index contributed by atoms with van der Waals surface area (Å²) in [6.45, 7) is 7.35. The Balaban J connectivity index is 1.73. The number of aliphatic hydroxyl groups is 1. The number of hydrogen-bond acceptors (Lipinski definition) is 4. The molecule has 6 heteroatoms. The van der Waals surface area contributed by atoms with Gasteiger partial charge in [0.1, 0.15) is 9.92 Å². The second kappa shape index (κ2) is 10.7. The molecule has 2 unspecified atom stereocenters. The topological polar surface area (TPSA) is 78.9 Å². The summed E-state index contributed by atoms with van der Waals surface area (Å²) in [6.07, 6.45) is 2.68. The van der Waals surface area contributed by atoms with E-state index in [2.05, 4.69) is 54.3 Å². The van der Waals surface area contributed by atoms with E-state index in [4.69, 9.17) is 5.14 Å². The van der Waals surface area contributed by atoms with Crippen molar-refractivity contribution in [3.63, 3.8) is 0 Å². The molecule has 0 radical (unpaired) electrons. The predicted octanol–water partition coefficient (Wildman–Crippen LogP) is 5.98. The van der Waals surface area contributed by atoms with Crippen molar-refractivity contribution in [2.75, 3.05) is 14.1 Å². The summed E-state index contributed by atoms with van der Waals surface area (Å²) in [7, 11) is 0.976. The first-order chi connectivity index (χ1) is 17.1. The summed E-state index contributed by atoms with van der Waals surface area (Å²) in [5, 5.41) is 16.2. The molecule has 4 rings (SSSR count). The Labute approximate surface area is 216 Å². The number of rotatable bonds is 7. The maximum atomic E-state index is 13.5. The number of hydrogen-bond donors (Lipinski definition) is 2. The summed E-state index contributed by atoms with van der Waals surface area (Å²) in [5.41, 5.74) is 8.73. The van der Waals surface area contributed by atoms with Gasteiger partial charge in [0.15, 0.2) is 0 Å². The van der Waals surface area contributed by atoms with Crippen LogP contribution in [0, 0.1) is 0 Å². The van der Waals surface area contributed by atoms with Gasteiger partial charge in [-0.1, -0.05) is 75.4 Å². The van der Waals surface area contributed by atoms with Crippen LogP contribution in [0.15, 0.2) is 81.7 Å². The Morgan fingerprint density at radius 3 is 2.44 bits per heavy atom. The highest BCUT2D eigenvalue weighted by molar-refractivity contribution is 7.91. The Kier molecular flexibility index (Phi) is 7.81. The first kappa shape index (κ1) is 26.3. The fourth-order valence-corrected chi connectivity index (χ4v) is 6.11. The fraction of sp³-hybridized carbons (Fsp3) is 0.333. The number of aliphatic hydroxyl groups excluding tert-OH is 1. The molecule has 0 heterocycles. The summed E-state index contributed by atoms with van der Waals surface area (Å²) in [6, 6.07) is 20.0. The molecule has 0 aliphatic heterocycles. The molecule has 1 aliphatic carbocycles. The SMILES string of the molecule is CC(C)c1cc(-c2ccccc2CO)cc2c1CC(N=S(N)(=O)c1ccc(CN(C)C)cc1)=CC2C. The summed E-state index contributed by atoms with van der Waals surface area (Å²) < 4.78 is 18.1. The summed E-state index contributed by atoms with van der Waals surface area (Å²) in [5.74, 6) is 0.405. The molecule has 0 saturated heterocycles. The van der Waals surface area contributed by atoms with Crippen LogP contribution in [0.2, 0.25) is 0 Å². The molecule has 0 amide bonds. The van der Waals surface area contributed by atoms with Crippen LogP contribution >= 0.6 is 0 Å². The van der Waals surface area contributed by atoms with Gasteiger partial charge < -0.3 is 10.0 Å². The first-order valence-corrected chi connectivity index (χ1v) is 14.0. The molecule has 0 spiro atoms. The third-order valence-electron chi connectivity index (χ3n) is 6.74. The first-order valence-electron chi connectivity index (χ1n) is 12.4. The van der Waals surface area contributed by atoms with Crippen LogP contribution in [0.3, 0.4) is 0 Å². The summed E-state index contributed by atoms with van der Waals surface area (Å²) in [4.78, 5) is 2.63. The highest BCUT2D eigenvalue weighted by Gasteiger charge is 2.24. The number of nitrogens with two attached hydrogens (primary N) is 1. The van der Waals surface area contributed by atoms with Gasteiger partial charge in [0, 0.05) is 18.9 Å². The van der Waals surface area contributed by atoms with Crippen molar-refractivity contribution in [1.29, 1.82) is 0 Å². The number of fused-ring (bicyclic) bond motifs is 1. The molecule has 3 N–H and O–H groups in total. The van der Waals surface area contributed by atoms with Gasteiger partial charge in [-0.15, -0.1) is 0 Å². The van der Waals surface area contributed by atoms with E-state index < -0.39 is 9.92 Å². The van der Waals surface area contributed by atoms with Gasteiger partial charge in [-0.05, 0) is 71.1 Å². The van der Waals surface area contributed by atoms with Gasteiger partial charge >= 0.3 is 0 Å². The monoisotopic (exact) mass is 503 g/mol. The Bertz CT molecular complexity index is 1400. The minimum atomic E-state index is -3.06. The van der Waals surface area contributed by atoms with Crippen LogP contribution in [0.25, 0.3) is 11.1 Å². The Hall–Kier alpha value is -2.77. The normalized spacial score (nSPS) is 17.0. The third-order valence-corrected chi connectivity index (χ3v) is 8.20. The Morgan fingerprint density at radius 1 is 1.11 bits per heavy atom. The molecule has 1 aliphatic rings. The lowest BCUT2D eigenvalue weighted by Gasteiger charge is -2.26. The van der Waals surface area contributed by atoms with Crippen LogP contribution in [0.4, 0.5) is 0 Å². The molecular formula is C30H37N3O2S. The fourth-order valence-electron chi connectivity index (χ4n) is 5.00. The van der Waals surface area contributed by atoms with Gasteiger partial charge in [0.2, 0.25) is 0 Å². The van der Waals surface area contributed by atoms with Crippen molar-refractivity contribution in [1.82, 2.24) is 4.90 Å². The molecule has 0 saturated carbocycles. The molecule has 190 valence electrons. The largest absolute Gasteiger partial charge is 0.392 e. The third kappa shape index (κ3) is 5.62. The van der Waals surface area contributed by atoms with E-state index in [0.717, 1.165) is 34.5 Å². The molecule has 3 aromatic rings. The van der Waals surface area contributed by atoms with Crippen LogP contribution in [-0.2, 0) is 29.5 Å². The molecular weight excluding hydrogens is 466 g/mol. The molecule has 2 atom stereocenters. The van der Waals surface area contributed by atoms with Gasteiger partial charge in [-0.2, -0.15) is 4.36 Å². The smallest absolute Gasteiger partial charge is 0.139 e. The van der Waals surface area contributed by atoms with Gasteiger partial charge in [0.05, 0.1) is 17.2 Å². The second-order valence-electron chi connectivity index (χ2n) is 10.3. The molecule has 3 aromatic carbocycles.